The van der Waals surface area contributed by atoms with Crippen LogP contribution in [-0.4, -0.2) is 124 Å². The summed E-state index contributed by atoms with van der Waals surface area (Å²) in [4.78, 5) is 24.2. The minimum absolute atomic E-state index is 0.250. The first-order valence-electron chi connectivity index (χ1n) is 14.7. The summed E-state index contributed by atoms with van der Waals surface area (Å²) < 4.78 is 72.3. The summed E-state index contributed by atoms with van der Waals surface area (Å²) in [5, 5.41) is -0.431. The van der Waals surface area contributed by atoms with Gasteiger partial charge in [-0.15, -0.1) is 0 Å². The molecule has 3 saturated heterocycles. The summed E-state index contributed by atoms with van der Waals surface area (Å²) in [5.74, 6) is -0.341. The number of hydrogen-bond acceptors (Lipinski definition) is 9. The van der Waals surface area contributed by atoms with Crippen molar-refractivity contribution in [2.75, 3.05) is 95.4 Å². The van der Waals surface area contributed by atoms with Crippen molar-refractivity contribution in [2.45, 2.75) is 24.3 Å². The van der Waals surface area contributed by atoms with E-state index in [1.807, 2.05) is 12.1 Å². The van der Waals surface area contributed by atoms with Crippen molar-refractivity contribution in [1.29, 1.82) is 0 Å². The van der Waals surface area contributed by atoms with E-state index in [2.05, 4.69) is 19.7 Å². The van der Waals surface area contributed by atoms with Crippen molar-refractivity contribution in [3.05, 3.63) is 53.9 Å². The maximum absolute atomic E-state index is 13.4. The summed E-state index contributed by atoms with van der Waals surface area (Å²) in [6, 6.07) is 8.55. The van der Waals surface area contributed by atoms with Gasteiger partial charge in [-0.1, -0.05) is 0 Å². The Morgan fingerprint density at radius 2 is 1.40 bits per heavy atom. The van der Waals surface area contributed by atoms with Gasteiger partial charge in [0.15, 0.2) is 0 Å². The van der Waals surface area contributed by atoms with Crippen LogP contribution in [-0.2, 0) is 20.9 Å². The second-order valence-corrected chi connectivity index (χ2v) is 13.5. The van der Waals surface area contributed by atoms with E-state index in [0.29, 0.717) is 37.2 Å². The molecule has 0 N–H and O–H groups in total. The Labute approximate surface area is 251 Å². The lowest BCUT2D eigenvalue weighted by Gasteiger charge is -2.40. The van der Waals surface area contributed by atoms with Gasteiger partial charge in [-0.05, 0) is 56.3 Å². The molecule has 236 valence electrons. The number of alkyl halides is 3. The van der Waals surface area contributed by atoms with Gasteiger partial charge < -0.3 is 19.4 Å². The van der Waals surface area contributed by atoms with Crippen molar-refractivity contribution in [2.24, 2.45) is 0 Å². The molecule has 14 heteroatoms. The monoisotopic (exact) mass is 624 g/mol. The summed E-state index contributed by atoms with van der Waals surface area (Å²) >= 11 is 0. The molecule has 3 aliphatic heterocycles. The largest absolute Gasteiger partial charge is 0.465 e. The fourth-order valence-corrected chi connectivity index (χ4v) is 7.94. The Kier molecular flexibility index (Phi) is 9.79. The van der Waals surface area contributed by atoms with Gasteiger partial charge in [0.25, 0.3) is 0 Å². The van der Waals surface area contributed by atoms with Gasteiger partial charge in [-0.2, -0.15) is 17.5 Å². The molecule has 0 unspecified atom stereocenters. The van der Waals surface area contributed by atoms with Crippen molar-refractivity contribution in [1.82, 2.24) is 19.1 Å². The van der Waals surface area contributed by atoms with Gasteiger partial charge in [0.2, 0.25) is 10.0 Å². The normalized spacial score (nSPS) is 20.4. The van der Waals surface area contributed by atoms with Crippen molar-refractivity contribution in [3.63, 3.8) is 0 Å². The highest BCUT2D eigenvalue weighted by Gasteiger charge is 2.37. The van der Waals surface area contributed by atoms with Crippen molar-refractivity contribution < 1.29 is 31.1 Å². The minimum Gasteiger partial charge on any atom is -0.465 e. The number of methoxy groups -OCH3 is 1. The van der Waals surface area contributed by atoms with Crippen LogP contribution in [0.5, 0.6) is 0 Å². The Balaban J connectivity index is 1.02. The fourth-order valence-electron chi connectivity index (χ4n) is 6.04. The number of aromatic nitrogens is 1. The maximum atomic E-state index is 13.4. The Morgan fingerprint density at radius 1 is 0.837 bits per heavy atom. The number of sulfonamides is 1. The van der Waals surface area contributed by atoms with Crippen LogP contribution in [0.2, 0.25) is 0 Å². The number of carbonyl (C=O) groups is 1. The summed E-state index contributed by atoms with van der Waals surface area (Å²) in [7, 11) is -2.11. The predicted molar refractivity (Wildman–Crippen MR) is 158 cm³/mol. The number of anilines is 2. The number of carbonyl (C=O) groups excluding carboxylic acids is 1. The summed E-state index contributed by atoms with van der Waals surface area (Å²) in [6.07, 6.45) is -1.13. The van der Waals surface area contributed by atoms with Crippen LogP contribution in [0.15, 0.2) is 42.7 Å². The van der Waals surface area contributed by atoms with Crippen LogP contribution in [0.1, 0.15) is 28.8 Å². The highest BCUT2D eigenvalue weighted by molar-refractivity contribution is 7.89. The fraction of sp³-hybridized carbons (Fsp3) is 0.586. The standard InChI is InChI=1S/C29H39F3N6O4S/c1-42-28(39)23-2-4-25(5-3-23)36-14-12-35(13-15-36)11-10-34-8-6-27(7-9-34)43(40,41)38-18-16-37(17-19-38)26-20-24(21-33-22-26)29(30,31)32/h2-5,20-22,27H,6-19H2,1H3. The summed E-state index contributed by atoms with van der Waals surface area (Å²) in [6.45, 7) is 8.10. The number of ether oxygens (including phenoxy) is 1. The first-order chi connectivity index (χ1) is 20.5. The molecule has 0 radical (unpaired) electrons. The van der Waals surface area contributed by atoms with Crippen LogP contribution >= 0.6 is 0 Å². The zero-order chi connectivity index (χ0) is 30.6. The molecule has 4 heterocycles. The Hall–Kier alpha value is -2.94. The smallest absolute Gasteiger partial charge is 0.417 e. The summed E-state index contributed by atoms with van der Waals surface area (Å²) in [5.41, 5.74) is 1.18. The maximum Gasteiger partial charge on any atom is 0.417 e. The molecular weight excluding hydrogens is 585 g/mol. The number of halogens is 3. The second-order valence-electron chi connectivity index (χ2n) is 11.3. The third kappa shape index (κ3) is 7.59. The number of piperidine rings is 1. The van der Waals surface area contributed by atoms with Crippen LogP contribution in [0, 0.1) is 0 Å². The number of esters is 1. The van der Waals surface area contributed by atoms with Gasteiger partial charge in [0.1, 0.15) is 0 Å². The van der Waals surface area contributed by atoms with E-state index in [0.717, 1.165) is 70.3 Å². The average Bonchev–Trinajstić information content (AvgIpc) is 3.03. The molecule has 0 amide bonds. The van der Waals surface area contributed by atoms with Crippen LogP contribution in [0.3, 0.4) is 0 Å². The molecule has 0 atom stereocenters. The number of piperazine rings is 2. The van der Waals surface area contributed by atoms with Crippen LogP contribution in [0.25, 0.3) is 0 Å². The molecule has 0 bridgehead atoms. The van der Waals surface area contributed by atoms with Crippen molar-refractivity contribution in [3.8, 4) is 0 Å². The zero-order valence-corrected chi connectivity index (χ0v) is 25.2. The van der Waals surface area contributed by atoms with Gasteiger partial charge >= 0.3 is 12.1 Å². The molecule has 10 nitrogen and oxygen atoms in total. The SMILES string of the molecule is COC(=O)c1ccc(N2CCN(CCN3CCC(S(=O)(=O)N4CCN(c5cncc(C(F)(F)F)c5)CC4)CC3)CC2)cc1. The molecule has 5 rings (SSSR count). The minimum atomic E-state index is -4.47. The van der Waals surface area contributed by atoms with Gasteiger partial charge in [-0.25, -0.2) is 13.2 Å². The Morgan fingerprint density at radius 3 is 1.98 bits per heavy atom. The zero-order valence-electron chi connectivity index (χ0n) is 24.4. The average molecular weight is 625 g/mol. The first-order valence-corrected chi connectivity index (χ1v) is 16.2. The van der Waals surface area contributed by atoms with E-state index >= 15 is 0 Å². The van der Waals surface area contributed by atoms with Gasteiger partial charge in [0, 0.05) is 77.3 Å². The Bertz CT molecular complexity index is 1340. The molecule has 1 aromatic heterocycles. The molecule has 1 aromatic carbocycles. The number of hydrogen-bond donors (Lipinski definition) is 0. The van der Waals surface area contributed by atoms with Gasteiger partial charge in [0.05, 0.1) is 35.4 Å². The molecule has 0 aliphatic carbocycles. The van der Waals surface area contributed by atoms with Crippen LogP contribution < -0.4 is 9.80 Å². The third-order valence-electron chi connectivity index (χ3n) is 8.73. The lowest BCUT2D eigenvalue weighted by molar-refractivity contribution is -0.137. The highest BCUT2D eigenvalue weighted by atomic mass is 32.2. The van der Waals surface area contributed by atoms with E-state index in [4.69, 9.17) is 4.74 Å². The predicted octanol–water partition coefficient (Wildman–Crippen LogP) is 2.63. The lowest BCUT2D eigenvalue weighted by atomic mass is 10.1. The van der Waals surface area contributed by atoms with E-state index in [9.17, 15) is 26.4 Å². The molecule has 43 heavy (non-hydrogen) atoms. The molecule has 2 aromatic rings. The quantitative estimate of drug-likeness (QED) is 0.412. The van der Waals surface area contributed by atoms with Crippen molar-refractivity contribution >= 4 is 27.4 Å². The van der Waals surface area contributed by atoms with E-state index < -0.39 is 27.0 Å². The van der Waals surface area contributed by atoms with E-state index in [1.165, 1.54) is 17.6 Å². The molecule has 0 spiro atoms. The molecule has 3 fully saturated rings. The number of benzene rings is 1. The number of nitrogens with zero attached hydrogens (tertiary/aromatic N) is 6. The topological polar surface area (TPSA) is 89.5 Å². The molecular formula is C29H39F3N6O4S. The second kappa shape index (κ2) is 13.4. The highest BCUT2D eigenvalue weighted by Crippen LogP contribution is 2.31. The number of likely N-dealkylation sites (tertiary alicyclic amines) is 1. The van der Waals surface area contributed by atoms with E-state index in [1.54, 1.807) is 17.0 Å². The number of rotatable bonds is 8. The third-order valence-corrected chi connectivity index (χ3v) is 11.1. The van der Waals surface area contributed by atoms with Crippen LogP contribution in [0.4, 0.5) is 24.5 Å². The van der Waals surface area contributed by atoms with E-state index in [-0.39, 0.29) is 19.1 Å². The first kappa shape index (κ1) is 31.5. The molecule has 3 aliphatic rings. The number of pyridine rings is 1. The molecule has 0 saturated carbocycles. The lowest BCUT2D eigenvalue weighted by Crippen LogP contribution is -2.53. The van der Waals surface area contributed by atoms with Gasteiger partial charge in [-0.3, -0.25) is 9.88 Å².